The molecule has 2 aromatic heterocycles. The van der Waals surface area contributed by atoms with Crippen LogP contribution < -0.4 is 10.1 Å². The van der Waals surface area contributed by atoms with Crippen LogP contribution >= 0.6 is 0 Å². The number of nitrogens with one attached hydrogen (secondary N) is 1. The summed E-state index contributed by atoms with van der Waals surface area (Å²) in [6.07, 6.45) is 3.29. The summed E-state index contributed by atoms with van der Waals surface area (Å²) in [6, 6.07) is 3.34. The zero-order valence-corrected chi connectivity index (χ0v) is 17.6. The second-order valence-electron chi connectivity index (χ2n) is 6.75. The van der Waals surface area contributed by atoms with Crippen molar-refractivity contribution < 1.29 is 17.9 Å². The van der Waals surface area contributed by atoms with E-state index in [4.69, 9.17) is 4.74 Å². The molecule has 0 unspecified atom stereocenters. The molecule has 29 heavy (non-hydrogen) atoms. The highest BCUT2D eigenvalue weighted by Gasteiger charge is 2.28. The zero-order valence-electron chi connectivity index (χ0n) is 16.8. The third-order valence-electron chi connectivity index (χ3n) is 5.05. The third kappa shape index (κ3) is 4.56. The Hall–Kier alpha value is -2.53. The van der Waals surface area contributed by atoms with Crippen LogP contribution in [0.15, 0.2) is 18.3 Å². The fourth-order valence-corrected chi connectivity index (χ4v) is 4.49. The summed E-state index contributed by atoms with van der Waals surface area (Å²) in [7, 11) is -1.67. The number of hydrogen-bond donors (Lipinski definition) is 1. The van der Waals surface area contributed by atoms with Crippen molar-refractivity contribution in [2.24, 2.45) is 0 Å². The summed E-state index contributed by atoms with van der Waals surface area (Å²) in [5.74, 6) is 0.775. The normalized spacial score (nSPS) is 16.0. The van der Waals surface area contributed by atoms with Crippen molar-refractivity contribution in [1.82, 2.24) is 29.6 Å². The fourth-order valence-electron chi connectivity index (χ4n) is 3.36. The van der Waals surface area contributed by atoms with Gasteiger partial charge in [0.2, 0.25) is 15.9 Å². The van der Waals surface area contributed by atoms with Gasteiger partial charge < -0.3 is 10.1 Å². The first kappa shape index (κ1) is 21.2. The summed E-state index contributed by atoms with van der Waals surface area (Å²) >= 11 is 0. The van der Waals surface area contributed by atoms with Crippen LogP contribution in [0.5, 0.6) is 5.88 Å². The molecule has 3 heterocycles. The minimum atomic E-state index is -3.18. The maximum Gasteiger partial charge on any atom is 0.254 e. The Bertz CT molecular complexity index is 949. The first-order valence-electron chi connectivity index (χ1n) is 9.63. The van der Waals surface area contributed by atoms with Gasteiger partial charge in [-0.05, 0) is 32.3 Å². The molecule has 1 fully saturated rings. The summed E-state index contributed by atoms with van der Waals surface area (Å²) < 4.78 is 32.1. The van der Waals surface area contributed by atoms with Crippen molar-refractivity contribution in [3.05, 3.63) is 29.6 Å². The van der Waals surface area contributed by atoms with E-state index in [9.17, 15) is 13.2 Å². The molecule has 1 aliphatic rings. The molecule has 0 radical (unpaired) electrons. The maximum absolute atomic E-state index is 12.8. The Morgan fingerprint density at radius 2 is 1.97 bits per heavy atom. The van der Waals surface area contributed by atoms with E-state index in [0.717, 1.165) is 5.69 Å². The second-order valence-corrected chi connectivity index (χ2v) is 9.01. The molecule has 10 nitrogen and oxygen atoms in total. The van der Waals surface area contributed by atoms with E-state index < -0.39 is 10.0 Å². The van der Waals surface area contributed by atoms with E-state index >= 15 is 0 Å². The van der Waals surface area contributed by atoms with E-state index in [1.165, 1.54) is 17.6 Å². The number of aromatic nitrogens is 4. The lowest BCUT2D eigenvalue weighted by atomic mass is 10.1. The minimum absolute atomic E-state index is 0.0698. The molecule has 0 spiro atoms. The lowest BCUT2D eigenvalue weighted by Crippen LogP contribution is -2.47. The van der Waals surface area contributed by atoms with Crippen LogP contribution in [-0.2, 0) is 16.4 Å². The molecule has 0 saturated carbocycles. The monoisotopic (exact) mass is 422 g/mol. The number of sulfonamides is 1. The highest BCUT2D eigenvalue weighted by atomic mass is 32.2. The predicted molar refractivity (Wildman–Crippen MR) is 107 cm³/mol. The van der Waals surface area contributed by atoms with Gasteiger partial charge in [0, 0.05) is 25.2 Å². The molecule has 1 N–H and O–H groups in total. The van der Waals surface area contributed by atoms with Gasteiger partial charge in [-0.1, -0.05) is 6.92 Å². The molecule has 0 atom stereocenters. The van der Waals surface area contributed by atoms with Crippen LogP contribution in [0.1, 0.15) is 42.7 Å². The van der Waals surface area contributed by atoms with E-state index in [1.807, 2.05) is 6.92 Å². The molecule has 0 aromatic carbocycles. The number of carbonyl (C=O) groups excluding carboxylic acids is 1. The van der Waals surface area contributed by atoms with Crippen molar-refractivity contribution in [1.29, 1.82) is 0 Å². The van der Waals surface area contributed by atoms with Gasteiger partial charge in [-0.15, -0.1) is 10.2 Å². The van der Waals surface area contributed by atoms with Crippen molar-refractivity contribution in [3.8, 4) is 11.7 Å². The molecule has 1 aliphatic heterocycles. The molecule has 3 rings (SSSR count). The standard InChI is InChI=1S/C18H26N6O4S/c1-4-15-14(12-19-24(15)16-6-7-17(28-3)22-21-16)18(25)20-13-8-10-23(11-9-13)29(26,27)5-2/h6-7,12-13H,4-5,8-11H2,1-3H3,(H,20,25). The molecular formula is C18H26N6O4S. The van der Waals surface area contributed by atoms with Gasteiger partial charge in [-0.25, -0.2) is 17.4 Å². The number of hydrogen-bond acceptors (Lipinski definition) is 7. The predicted octanol–water partition coefficient (Wildman–Crippen LogP) is 0.777. The van der Waals surface area contributed by atoms with Gasteiger partial charge in [0.1, 0.15) is 0 Å². The van der Waals surface area contributed by atoms with Gasteiger partial charge in [0.25, 0.3) is 5.91 Å². The van der Waals surface area contributed by atoms with E-state index in [2.05, 4.69) is 20.6 Å². The van der Waals surface area contributed by atoms with Gasteiger partial charge in [-0.2, -0.15) is 5.10 Å². The fraction of sp³-hybridized carbons (Fsp3) is 0.556. The first-order valence-corrected chi connectivity index (χ1v) is 11.2. The molecule has 0 aliphatic carbocycles. The number of nitrogens with zero attached hydrogens (tertiary/aromatic N) is 5. The molecular weight excluding hydrogens is 396 g/mol. The molecule has 1 saturated heterocycles. The van der Waals surface area contributed by atoms with Crippen LogP contribution in [0.3, 0.4) is 0 Å². The second kappa shape index (κ2) is 8.87. The average molecular weight is 423 g/mol. The first-order chi connectivity index (χ1) is 13.9. The Balaban J connectivity index is 1.69. The summed E-state index contributed by atoms with van der Waals surface area (Å²) in [5.41, 5.74) is 1.21. The molecule has 2 aromatic rings. The lowest BCUT2D eigenvalue weighted by Gasteiger charge is -2.31. The van der Waals surface area contributed by atoms with Gasteiger partial charge in [-0.3, -0.25) is 4.79 Å². The highest BCUT2D eigenvalue weighted by Crippen LogP contribution is 2.18. The molecule has 158 valence electrons. The summed E-state index contributed by atoms with van der Waals surface area (Å²) in [6.45, 7) is 4.42. The van der Waals surface area contributed by atoms with E-state index in [1.54, 1.807) is 23.7 Å². The Morgan fingerprint density at radius 3 is 2.52 bits per heavy atom. The van der Waals surface area contributed by atoms with Crippen LogP contribution in [-0.4, -0.2) is 70.6 Å². The van der Waals surface area contributed by atoms with Crippen LogP contribution in [0.2, 0.25) is 0 Å². The lowest BCUT2D eigenvalue weighted by molar-refractivity contribution is 0.0923. The van der Waals surface area contributed by atoms with Crippen molar-refractivity contribution in [2.45, 2.75) is 39.2 Å². The highest BCUT2D eigenvalue weighted by molar-refractivity contribution is 7.89. The van der Waals surface area contributed by atoms with Crippen molar-refractivity contribution in [2.75, 3.05) is 26.0 Å². The minimum Gasteiger partial charge on any atom is -0.480 e. The molecule has 11 heteroatoms. The van der Waals surface area contributed by atoms with E-state index in [0.29, 0.717) is 49.6 Å². The topological polar surface area (TPSA) is 119 Å². The van der Waals surface area contributed by atoms with Crippen molar-refractivity contribution >= 4 is 15.9 Å². The quantitative estimate of drug-likeness (QED) is 0.700. The van der Waals surface area contributed by atoms with Crippen molar-refractivity contribution in [3.63, 3.8) is 0 Å². The SMILES string of the molecule is CCc1c(C(=O)NC2CCN(S(=O)(=O)CC)CC2)cnn1-c1ccc(OC)nn1. The third-order valence-corrected chi connectivity index (χ3v) is 6.93. The van der Waals surface area contributed by atoms with E-state index in [-0.39, 0.29) is 17.7 Å². The number of carbonyl (C=O) groups is 1. The summed E-state index contributed by atoms with van der Waals surface area (Å²) in [5, 5.41) is 15.4. The number of methoxy groups -OCH3 is 1. The van der Waals surface area contributed by atoms with Gasteiger partial charge >= 0.3 is 0 Å². The molecule has 0 bridgehead atoms. The Labute approximate surface area is 170 Å². The number of piperidine rings is 1. The number of amides is 1. The van der Waals surface area contributed by atoms with Crippen LogP contribution in [0, 0.1) is 0 Å². The van der Waals surface area contributed by atoms with Gasteiger partial charge in [0.15, 0.2) is 5.82 Å². The van der Waals surface area contributed by atoms with Gasteiger partial charge in [0.05, 0.1) is 30.3 Å². The zero-order chi connectivity index (χ0) is 21.0. The number of ether oxygens (including phenoxy) is 1. The Kier molecular flexibility index (Phi) is 6.48. The number of rotatable bonds is 7. The van der Waals surface area contributed by atoms with Crippen LogP contribution in [0.25, 0.3) is 5.82 Å². The average Bonchev–Trinajstić information content (AvgIpc) is 3.18. The maximum atomic E-state index is 12.8. The smallest absolute Gasteiger partial charge is 0.254 e. The Morgan fingerprint density at radius 1 is 1.24 bits per heavy atom. The van der Waals surface area contributed by atoms with Crippen LogP contribution in [0.4, 0.5) is 0 Å². The summed E-state index contributed by atoms with van der Waals surface area (Å²) in [4.78, 5) is 12.8. The largest absolute Gasteiger partial charge is 0.480 e. The molecule has 1 amide bonds.